The van der Waals surface area contributed by atoms with E-state index in [1.54, 1.807) is 6.21 Å². The molecule has 5 heteroatoms. The second-order valence-electron chi connectivity index (χ2n) is 5.84. The van der Waals surface area contributed by atoms with Crippen molar-refractivity contribution >= 4 is 11.9 Å². The van der Waals surface area contributed by atoms with Crippen molar-refractivity contribution in [3.8, 4) is 28.7 Å². The van der Waals surface area contributed by atoms with Crippen LogP contribution in [0.2, 0.25) is 0 Å². The Kier molecular flexibility index (Phi) is 4.92. The summed E-state index contributed by atoms with van der Waals surface area (Å²) in [5, 5.41) is 0. The first-order valence-electron chi connectivity index (χ1n) is 8.75. The molecule has 0 fully saturated rings. The molecule has 0 bridgehead atoms. The smallest absolute Gasteiger partial charge is 0.231 e. The van der Waals surface area contributed by atoms with Gasteiger partial charge in [-0.3, -0.25) is 4.99 Å². The molecular formula is C22H19NO4. The summed E-state index contributed by atoms with van der Waals surface area (Å²) in [6.45, 7) is 2.73. The van der Waals surface area contributed by atoms with Gasteiger partial charge in [-0.2, -0.15) is 0 Å². The topological polar surface area (TPSA) is 49.3 Å². The van der Waals surface area contributed by atoms with Crippen LogP contribution >= 0.6 is 0 Å². The van der Waals surface area contributed by atoms with E-state index in [1.165, 1.54) is 0 Å². The largest absolute Gasteiger partial charge is 0.493 e. The lowest BCUT2D eigenvalue weighted by Crippen LogP contribution is -1.96. The zero-order valence-corrected chi connectivity index (χ0v) is 14.9. The molecule has 27 heavy (non-hydrogen) atoms. The van der Waals surface area contributed by atoms with Gasteiger partial charge in [-0.15, -0.1) is 0 Å². The predicted octanol–water partition coefficient (Wildman–Crippen LogP) is 5.36. The minimum Gasteiger partial charge on any atom is -0.493 e. The van der Waals surface area contributed by atoms with E-state index >= 15 is 0 Å². The summed E-state index contributed by atoms with van der Waals surface area (Å²) in [6.07, 6.45) is 1.76. The van der Waals surface area contributed by atoms with E-state index in [1.807, 2.05) is 73.7 Å². The summed E-state index contributed by atoms with van der Waals surface area (Å²) < 4.78 is 22.3. The van der Waals surface area contributed by atoms with Crippen molar-refractivity contribution in [1.82, 2.24) is 0 Å². The Morgan fingerprint density at radius 3 is 2.37 bits per heavy atom. The molecule has 3 aromatic rings. The molecule has 1 aliphatic heterocycles. The molecule has 0 atom stereocenters. The van der Waals surface area contributed by atoms with Crippen LogP contribution in [-0.4, -0.2) is 19.6 Å². The quantitative estimate of drug-likeness (QED) is 0.555. The molecule has 0 N–H and O–H groups in total. The second kappa shape index (κ2) is 7.83. The Balaban J connectivity index is 1.51. The summed E-state index contributed by atoms with van der Waals surface area (Å²) in [6, 6.07) is 21.0. The highest BCUT2D eigenvalue weighted by molar-refractivity contribution is 5.87. The zero-order chi connectivity index (χ0) is 18.5. The third-order valence-corrected chi connectivity index (χ3v) is 3.97. The van der Waals surface area contributed by atoms with Crippen molar-refractivity contribution < 1.29 is 18.9 Å². The number of nitrogens with zero attached hydrogens (tertiary/aromatic N) is 1. The van der Waals surface area contributed by atoms with E-state index < -0.39 is 0 Å². The SMILES string of the molecule is CCOc1cc2c(cc1C=Nc1ccc(Oc3ccccc3)cc1)OCO2. The van der Waals surface area contributed by atoms with E-state index in [9.17, 15) is 0 Å². The van der Waals surface area contributed by atoms with Crippen LogP contribution in [0.15, 0.2) is 71.7 Å². The number of rotatable bonds is 6. The molecule has 0 radical (unpaired) electrons. The number of hydrogen-bond acceptors (Lipinski definition) is 5. The van der Waals surface area contributed by atoms with Gasteiger partial charge in [0, 0.05) is 17.8 Å². The molecule has 136 valence electrons. The van der Waals surface area contributed by atoms with Gasteiger partial charge in [0.2, 0.25) is 6.79 Å². The van der Waals surface area contributed by atoms with Gasteiger partial charge in [0.25, 0.3) is 0 Å². The highest BCUT2D eigenvalue weighted by Gasteiger charge is 2.17. The summed E-state index contributed by atoms with van der Waals surface area (Å²) >= 11 is 0. The third-order valence-electron chi connectivity index (χ3n) is 3.97. The number of hydrogen-bond donors (Lipinski definition) is 0. The standard InChI is InChI=1S/C22H19NO4/c1-2-24-20-13-22-21(25-15-26-22)12-16(20)14-23-17-8-10-19(11-9-17)27-18-6-4-3-5-7-18/h3-14H,2,15H2,1H3. The Morgan fingerprint density at radius 1 is 0.926 bits per heavy atom. The minimum absolute atomic E-state index is 0.227. The average Bonchev–Trinajstić information content (AvgIpc) is 3.16. The van der Waals surface area contributed by atoms with Crippen molar-refractivity contribution in [3.63, 3.8) is 0 Å². The van der Waals surface area contributed by atoms with Gasteiger partial charge in [-0.25, -0.2) is 0 Å². The summed E-state index contributed by atoms with van der Waals surface area (Å²) in [5.74, 6) is 3.67. The summed E-state index contributed by atoms with van der Waals surface area (Å²) in [5.41, 5.74) is 1.65. The van der Waals surface area contributed by atoms with Gasteiger partial charge in [0.1, 0.15) is 17.2 Å². The number of aliphatic imine (C=N–C) groups is 1. The summed E-state index contributed by atoms with van der Waals surface area (Å²) in [4.78, 5) is 4.54. The molecule has 1 aliphatic rings. The van der Waals surface area contributed by atoms with Crippen molar-refractivity contribution in [2.24, 2.45) is 4.99 Å². The average molecular weight is 361 g/mol. The van der Waals surface area contributed by atoms with E-state index in [0.29, 0.717) is 18.1 Å². The molecule has 1 heterocycles. The normalized spacial score (nSPS) is 12.3. The fourth-order valence-corrected chi connectivity index (χ4v) is 2.69. The Bertz CT molecular complexity index is 937. The van der Waals surface area contributed by atoms with Crippen LogP contribution in [0.25, 0.3) is 0 Å². The Hall–Kier alpha value is -3.47. The highest BCUT2D eigenvalue weighted by atomic mass is 16.7. The van der Waals surface area contributed by atoms with E-state index in [4.69, 9.17) is 18.9 Å². The number of ether oxygens (including phenoxy) is 4. The molecule has 0 saturated heterocycles. The lowest BCUT2D eigenvalue weighted by Gasteiger charge is -2.08. The van der Waals surface area contributed by atoms with Gasteiger partial charge in [0.05, 0.1) is 12.3 Å². The first kappa shape index (κ1) is 17.0. The minimum atomic E-state index is 0.227. The van der Waals surface area contributed by atoms with E-state index in [2.05, 4.69) is 4.99 Å². The Morgan fingerprint density at radius 2 is 1.63 bits per heavy atom. The first-order valence-corrected chi connectivity index (χ1v) is 8.75. The first-order chi connectivity index (χ1) is 13.3. The van der Waals surface area contributed by atoms with Crippen LogP contribution in [0.4, 0.5) is 5.69 Å². The second-order valence-corrected chi connectivity index (χ2v) is 5.84. The monoisotopic (exact) mass is 361 g/mol. The van der Waals surface area contributed by atoms with Crippen LogP contribution in [0.3, 0.4) is 0 Å². The number of benzene rings is 3. The maximum atomic E-state index is 5.80. The fraction of sp³-hybridized carbons (Fsp3) is 0.136. The summed E-state index contributed by atoms with van der Waals surface area (Å²) in [7, 11) is 0. The van der Waals surface area contributed by atoms with E-state index in [-0.39, 0.29) is 6.79 Å². The maximum Gasteiger partial charge on any atom is 0.231 e. The van der Waals surface area contributed by atoms with Crippen molar-refractivity contribution in [2.45, 2.75) is 6.92 Å². The predicted molar refractivity (Wildman–Crippen MR) is 104 cm³/mol. The van der Waals surface area contributed by atoms with Crippen LogP contribution in [0, 0.1) is 0 Å². The van der Waals surface area contributed by atoms with Crippen LogP contribution in [-0.2, 0) is 0 Å². The molecule has 0 amide bonds. The highest BCUT2D eigenvalue weighted by Crippen LogP contribution is 2.37. The van der Waals surface area contributed by atoms with E-state index in [0.717, 1.165) is 28.5 Å². The fourth-order valence-electron chi connectivity index (χ4n) is 2.69. The van der Waals surface area contributed by atoms with Crippen molar-refractivity contribution in [1.29, 1.82) is 0 Å². The van der Waals surface area contributed by atoms with Gasteiger partial charge in [-0.05, 0) is 49.4 Å². The molecule has 0 aliphatic carbocycles. The van der Waals surface area contributed by atoms with Gasteiger partial charge < -0.3 is 18.9 Å². The third kappa shape index (κ3) is 4.03. The molecule has 5 nitrogen and oxygen atoms in total. The van der Waals surface area contributed by atoms with Crippen molar-refractivity contribution in [2.75, 3.05) is 13.4 Å². The molecule has 0 aromatic heterocycles. The van der Waals surface area contributed by atoms with Crippen LogP contribution in [0.1, 0.15) is 12.5 Å². The van der Waals surface area contributed by atoms with Crippen LogP contribution in [0.5, 0.6) is 28.7 Å². The Labute approximate surface area is 157 Å². The van der Waals surface area contributed by atoms with Gasteiger partial charge in [0.15, 0.2) is 11.5 Å². The molecule has 0 unspecified atom stereocenters. The lowest BCUT2D eigenvalue weighted by molar-refractivity contribution is 0.174. The molecule has 0 spiro atoms. The molecule has 0 saturated carbocycles. The maximum absolute atomic E-state index is 5.80. The molecular weight excluding hydrogens is 342 g/mol. The number of fused-ring (bicyclic) bond motifs is 1. The van der Waals surface area contributed by atoms with Crippen LogP contribution < -0.4 is 18.9 Å². The zero-order valence-electron chi connectivity index (χ0n) is 14.9. The lowest BCUT2D eigenvalue weighted by atomic mass is 10.2. The molecule has 4 rings (SSSR count). The van der Waals surface area contributed by atoms with Crippen molar-refractivity contribution in [3.05, 3.63) is 72.3 Å². The van der Waals surface area contributed by atoms with Gasteiger partial charge in [-0.1, -0.05) is 18.2 Å². The number of para-hydroxylation sites is 1. The molecule has 3 aromatic carbocycles. The van der Waals surface area contributed by atoms with Gasteiger partial charge >= 0.3 is 0 Å².